The minimum absolute atomic E-state index is 0.113. The maximum Gasteiger partial charge on any atom is 0.296 e. The lowest BCUT2D eigenvalue weighted by Crippen LogP contribution is -2.32. The summed E-state index contributed by atoms with van der Waals surface area (Å²) in [7, 11) is 1.91. The van der Waals surface area contributed by atoms with Gasteiger partial charge in [0.15, 0.2) is 6.21 Å². The van der Waals surface area contributed by atoms with Gasteiger partial charge in [-0.05, 0) is 17.2 Å². The molecule has 0 bridgehead atoms. The van der Waals surface area contributed by atoms with E-state index in [1.807, 2.05) is 54.4 Å². The third-order valence-electron chi connectivity index (χ3n) is 4.77. The maximum absolute atomic E-state index is 12.8. The van der Waals surface area contributed by atoms with Gasteiger partial charge in [0, 0.05) is 26.0 Å². The van der Waals surface area contributed by atoms with E-state index in [9.17, 15) is 4.79 Å². The summed E-state index contributed by atoms with van der Waals surface area (Å²) < 4.78 is 2.20. The molecule has 25 heavy (non-hydrogen) atoms. The van der Waals surface area contributed by atoms with Crippen LogP contribution in [0.5, 0.6) is 0 Å². The highest BCUT2D eigenvalue weighted by Gasteiger charge is 2.47. The van der Waals surface area contributed by atoms with Crippen LogP contribution < -0.4 is 0 Å². The lowest BCUT2D eigenvalue weighted by molar-refractivity contribution is -0.580. The van der Waals surface area contributed by atoms with Gasteiger partial charge in [-0.25, -0.2) is 4.58 Å². The number of allylic oxidation sites excluding steroid dienone is 1. The Labute approximate surface area is 149 Å². The molecule has 3 rings (SSSR count). The molecule has 1 fully saturated rings. The van der Waals surface area contributed by atoms with Crippen LogP contribution in [-0.2, 0) is 11.2 Å². The summed E-state index contributed by atoms with van der Waals surface area (Å²) in [5.74, 6) is 0.195. The molecule has 2 aromatic carbocycles. The van der Waals surface area contributed by atoms with Crippen molar-refractivity contribution in [2.75, 3.05) is 7.05 Å². The number of carbonyl (C=O) groups is 1. The average Bonchev–Trinajstić information content (AvgIpc) is 2.87. The van der Waals surface area contributed by atoms with Crippen LogP contribution in [0.2, 0.25) is 0 Å². The first kappa shape index (κ1) is 17.2. The standard InChI is InChI=1S/C22H25N2O/c1-3-21-23(2)22(25)20(17-19-13-8-5-9-14-19)24(21)16-10-15-18-11-6-4-7-12-18/h4-16,20-21H,3,17H2,1-2H3/q+1/b15-10+,24-16+/t20-,21+/m0/s1. The molecule has 0 N–H and O–H groups in total. The highest BCUT2D eigenvalue weighted by atomic mass is 16.2. The molecule has 2 aromatic rings. The first-order valence-electron chi connectivity index (χ1n) is 8.85. The summed E-state index contributed by atoms with van der Waals surface area (Å²) >= 11 is 0. The van der Waals surface area contributed by atoms with E-state index < -0.39 is 0 Å². The van der Waals surface area contributed by atoms with Crippen LogP contribution in [-0.4, -0.2) is 40.9 Å². The van der Waals surface area contributed by atoms with Crippen molar-refractivity contribution in [3.8, 4) is 0 Å². The molecule has 3 heteroatoms. The van der Waals surface area contributed by atoms with E-state index in [-0.39, 0.29) is 18.1 Å². The van der Waals surface area contributed by atoms with Crippen molar-refractivity contribution in [1.82, 2.24) is 4.90 Å². The number of nitrogens with zero attached hydrogens (tertiary/aromatic N) is 2. The van der Waals surface area contributed by atoms with E-state index >= 15 is 0 Å². The molecule has 0 radical (unpaired) electrons. The fourth-order valence-electron chi connectivity index (χ4n) is 3.45. The van der Waals surface area contributed by atoms with E-state index in [1.54, 1.807) is 0 Å². The van der Waals surface area contributed by atoms with Gasteiger partial charge < -0.3 is 0 Å². The van der Waals surface area contributed by atoms with Crippen molar-refractivity contribution in [2.45, 2.75) is 32.0 Å². The van der Waals surface area contributed by atoms with Crippen molar-refractivity contribution in [1.29, 1.82) is 0 Å². The Bertz CT molecular complexity index is 765. The minimum atomic E-state index is -0.141. The molecule has 0 spiro atoms. The Balaban J connectivity index is 1.87. The third kappa shape index (κ3) is 3.87. The highest BCUT2D eigenvalue weighted by molar-refractivity contribution is 5.84. The van der Waals surface area contributed by atoms with E-state index in [0.717, 1.165) is 18.4 Å². The van der Waals surface area contributed by atoms with E-state index in [0.29, 0.717) is 0 Å². The molecule has 0 saturated carbocycles. The molecular weight excluding hydrogens is 308 g/mol. The second kappa shape index (κ2) is 7.93. The fraction of sp³-hybridized carbons (Fsp3) is 0.273. The Morgan fingerprint density at radius 3 is 2.32 bits per heavy atom. The Kier molecular flexibility index (Phi) is 5.44. The number of hydrogen-bond acceptors (Lipinski definition) is 1. The zero-order valence-corrected chi connectivity index (χ0v) is 14.9. The average molecular weight is 333 g/mol. The van der Waals surface area contributed by atoms with Crippen LogP contribution in [0, 0.1) is 0 Å². The van der Waals surface area contributed by atoms with Crippen molar-refractivity contribution in [2.24, 2.45) is 0 Å². The van der Waals surface area contributed by atoms with Crippen molar-refractivity contribution in [3.63, 3.8) is 0 Å². The van der Waals surface area contributed by atoms with Crippen LogP contribution in [0.1, 0.15) is 24.5 Å². The van der Waals surface area contributed by atoms with Gasteiger partial charge in [-0.3, -0.25) is 9.69 Å². The molecule has 1 heterocycles. The summed E-state index contributed by atoms with van der Waals surface area (Å²) in [6.45, 7) is 2.13. The molecule has 1 saturated heterocycles. The predicted molar refractivity (Wildman–Crippen MR) is 103 cm³/mol. The van der Waals surface area contributed by atoms with Gasteiger partial charge in [0.2, 0.25) is 12.2 Å². The first-order valence-corrected chi connectivity index (χ1v) is 8.85. The van der Waals surface area contributed by atoms with Crippen LogP contribution in [0.3, 0.4) is 0 Å². The van der Waals surface area contributed by atoms with Crippen LogP contribution in [0.4, 0.5) is 0 Å². The van der Waals surface area contributed by atoms with Gasteiger partial charge in [0.05, 0.1) is 0 Å². The zero-order chi connectivity index (χ0) is 17.6. The van der Waals surface area contributed by atoms with E-state index in [1.165, 1.54) is 5.56 Å². The number of rotatable bonds is 5. The van der Waals surface area contributed by atoms with Crippen LogP contribution >= 0.6 is 0 Å². The Morgan fingerprint density at radius 2 is 1.68 bits per heavy atom. The van der Waals surface area contributed by atoms with Gasteiger partial charge >= 0.3 is 0 Å². The highest BCUT2D eigenvalue weighted by Crippen LogP contribution is 2.21. The summed E-state index contributed by atoms with van der Waals surface area (Å²) in [4.78, 5) is 14.6. The van der Waals surface area contributed by atoms with Crippen LogP contribution in [0.25, 0.3) is 6.08 Å². The lowest BCUT2D eigenvalue weighted by Gasteiger charge is -2.12. The zero-order valence-electron chi connectivity index (χ0n) is 14.9. The second-order valence-electron chi connectivity index (χ2n) is 6.41. The fourth-order valence-corrected chi connectivity index (χ4v) is 3.45. The van der Waals surface area contributed by atoms with Gasteiger partial charge in [-0.2, -0.15) is 0 Å². The molecule has 1 aliphatic rings. The van der Waals surface area contributed by atoms with E-state index in [2.05, 4.69) is 48.1 Å². The molecule has 0 unspecified atom stereocenters. The number of hydrogen-bond donors (Lipinski definition) is 0. The van der Waals surface area contributed by atoms with Gasteiger partial charge in [0.25, 0.3) is 5.91 Å². The number of likely N-dealkylation sites (N-methyl/N-ethyl adjacent to an activating group) is 1. The maximum atomic E-state index is 12.8. The van der Waals surface area contributed by atoms with Gasteiger partial charge in [0.1, 0.15) is 0 Å². The summed E-state index contributed by atoms with van der Waals surface area (Å²) in [6.07, 6.45) is 7.94. The number of amides is 1. The van der Waals surface area contributed by atoms with Crippen molar-refractivity contribution >= 4 is 18.2 Å². The quantitative estimate of drug-likeness (QED) is 0.767. The monoisotopic (exact) mass is 333 g/mol. The number of benzene rings is 2. The lowest BCUT2D eigenvalue weighted by atomic mass is 10.1. The number of carbonyl (C=O) groups excluding carboxylic acids is 1. The van der Waals surface area contributed by atoms with Crippen molar-refractivity contribution < 1.29 is 9.37 Å². The topological polar surface area (TPSA) is 23.3 Å². The molecule has 0 aliphatic carbocycles. The third-order valence-corrected chi connectivity index (χ3v) is 4.77. The molecule has 1 amide bonds. The molecule has 1 aliphatic heterocycles. The summed E-state index contributed by atoms with van der Waals surface area (Å²) in [5.41, 5.74) is 2.35. The van der Waals surface area contributed by atoms with Gasteiger partial charge in [-0.1, -0.05) is 67.6 Å². The molecule has 0 aromatic heterocycles. The smallest absolute Gasteiger partial charge is 0.282 e. The van der Waals surface area contributed by atoms with Crippen molar-refractivity contribution in [3.05, 3.63) is 77.9 Å². The molecule has 3 nitrogen and oxygen atoms in total. The SMILES string of the molecule is CC[C@@H]1N(C)C(=O)[C@H](Cc2ccccc2)/[N+]1=C\C=C\c1ccccc1. The summed E-state index contributed by atoms with van der Waals surface area (Å²) in [6, 6.07) is 20.3. The molecular formula is C22H25N2O+. The largest absolute Gasteiger partial charge is 0.296 e. The predicted octanol–water partition coefficient (Wildman–Crippen LogP) is 3.60. The van der Waals surface area contributed by atoms with E-state index in [4.69, 9.17) is 0 Å². The second-order valence-corrected chi connectivity index (χ2v) is 6.41. The Morgan fingerprint density at radius 1 is 1.04 bits per heavy atom. The minimum Gasteiger partial charge on any atom is -0.282 e. The Hall–Kier alpha value is -2.68. The normalized spacial score (nSPS) is 22.2. The first-order chi connectivity index (χ1) is 12.2. The molecule has 128 valence electrons. The van der Waals surface area contributed by atoms with Crippen LogP contribution in [0.15, 0.2) is 66.7 Å². The molecule has 2 atom stereocenters. The van der Waals surface area contributed by atoms with Gasteiger partial charge in [-0.15, -0.1) is 0 Å². The summed E-state index contributed by atoms with van der Waals surface area (Å²) in [5, 5.41) is 0.